The summed E-state index contributed by atoms with van der Waals surface area (Å²) in [6.07, 6.45) is -3.92. The van der Waals surface area contributed by atoms with E-state index >= 15 is 0 Å². The highest BCUT2D eigenvalue weighted by atomic mass is 35.5. The van der Waals surface area contributed by atoms with Gasteiger partial charge in [0.2, 0.25) is 0 Å². The molecule has 2 N–H and O–H groups in total. The molecule has 0 unspecified atom stereocenters. The molecule has 100 valence electrons. The first kappa shape index (κ1) is 13.3. The molecule has 1 aliphatic rings. The molecule has 1 aromatic carbocycles. The highest BCUT2D eigenvalue weighted by Crippen LogP contribution is 2.38. The fourth-order valence-electron chi connectivity index (χ4n) is 2.30. The number of nitrogens with zero attached hydrogens (tertiary/aromatic N) is 1. The van der Waals surface area contributed by atoms with E-state index in [2.05, 4.69) is 0 Å². The van der Waals surface area contributed by atoms with Gasteiger partial charge < -0.3 is 10.6 Å². The zero-order valence-electron chi connectivity index (χ0n) is 9.67. The summed E-state index contributed by atoms with van der Waals surface area (Å²) >= 11 is 6.05. The number of hydrogen-bond acceptors (Lipinski definition) is 2. The monoisotopic (exact) mass is 278 g/mol. The fraction of sp³-hybridized carbons (Fsp3) is 0.500. The second kappa shape index (κ2) is 4.88. The predicted molar refractivity (Wildman–Crippen MR) is 66.9 cm³/mol. The summed E-state index contributed by atoms with van der Waals surface area (Å²) in [5.41, 5.74) is 6.98. The topological polar surface area (TPSA) is 29.3 Å². The molecule has 0 aliphatic carbocycles. The molecule has 1 aromatic rings. The van der Waals surface area contributed by atoms with Gasteiger partial charge in [-0.3, -0.25) is 0 Å². The van der Waals surface area contributed by atoms with Crippen molar-refractivity contribution in [2.24, 2.45) is 5.92 Å². The van der Waals surface area contributed by atoms with Crippen LogP contribution >= 0.6 is 11.6 Å². The van der Waals surface area contributed by atoms with Crippen LogP contribution in [-0.2, 0) is 0 Å². The van der Waals surface area contributed by atoms with Crippen molar-refractivity contribution in [3.63, 3.8) is 0 Å². The van der Waals surface area contributed by atoms with Crippen LogP contribution in [0.4, 0.5) is 24.5 Å². The van der Waals surface area contributed by atoms with E-state index in [1.54, 1.807) is 18.2 Å². The summed E-state index contributed by atoms with van der Waals surface area (Å²) in [5, 5.41) is 0.487. The van der Waals surface area contributed by atoms with Gasteiger partial charge in [-0.1, -0.05) is 17.7 Å². The lowest BCUT2D eigenvalue weighted by Crippen LogP contribution is -2.39. The Bertz CT molecular complexity index is 406. The number of benzene rings is 1. The molecule has 0 bridgehead atoms. The van der Waals surface area contributed by atoms with Crippen molar-refractivity contribution >= 4 is 23.0 Å². The molecule has 0 spiro atoms. The van der Waals surface area contributed by atoms with E-state index in [4.69, 9.17) is 17.3 Å². The van der Waals surface area contributed by atoms with Crippen LogP contribution in [0.3, 0.4) is 0 Å². The van der Waals surface area contributed by atoms with Crippen LogP contribution in [0.2, 0.25) is 5.02 Å². The van der Waals surface area contributed by atoms with Gasteiger partial charge in [-0.2, -0.15) is 13.2 Å². The zero-order chi connectivity index (χ0) is 13.3. The first-order chi connectivity index (χ1) is 8.39. The highest BCUT2D eigenvalue weighted by Gasteiger charge is 2.41. The molecule has 1 saturated heterocycles. The molecular weight excluding hydrogens is 265 g/mol. The number of anilines is 2. The Hall–Kier alpha value is -1.10. The minimum Gasteiger partial charge on any atom is -0.397 e. The van der Waals surface area contributed by atoms with E-state index in [0.717, 1.165) is 0 Å². The van der Waals surface area contributed by atoms with E-state index < -0.39 is 12.1 Å². The van der Waals surface area contributed by atoms with Crippen LogP contribution < -0.4 is 10.6 Å². The average Bonchev–Trinajstić information content (AvgIpc) is 2.28. The minimum absolute atomic E-state index is 0.0914. The van der Waals surface area contributed by atoms with Gasteiger partial charge in [0.1, 0.15) is 0 Å². The number of piperidine rings is 1. The van der Waals surface area contributed by atoms with Gasteiger partial charge in [0, 0.05) is 13.1 Å². The number of halogens is 4. The van der Waals surface area contributed by atoms with E-state index in [0.29, 0.717) is 29.5 Å². The number of para-hydroxylation sites is 1. The summed E-state index contributed by atoms with van der Waals surface area (Å²) < 4.78 is 37.7. The van der Waals surface area contributed by atoms with Crippen molar-refractivity contribution in [2.75, 3.05) is 23.7 Å². The third kappa shape index (κ3) is 2.66. The van der Waals surface area contributed by atoms with Crippen molar-refractivity contribution < 1.29 is 13.2 Å². The zero-order valence-corrected chi connectivity index (χ0v) is 10.4. The fourth-order valence-corrected chi connectivity index (χ4v) is 2.60. The first-order valence-electron chi connectivity index (χ1n) is 5.75. The summed E-state index contributed by atoms with van der Waals surface area (Å²) in [7, 11) is 0. The minimum atomic E-state index is -4.10. The average molecular weight is 279 g/mol. The van der Waals surface area contributed by atoms with E-state index in [1.165, 1.54) is 0 Å². The standard InChI is InChI=1S/C12H14ClF3N2/c13-9-2-1-3-10(17)11(9)18-6-4-8(5-7-18)12(14,15)16/h1-3,8H,4-7,17H2. The van der Waals surface area contributed by atoms with Crippen molar-refractivity contribution in [3.8, 4) is 0 Å². The molecule has 0 aromatic heterocycles. The first-order valence-corrected chi connectivity index (χ1v) is 6.13. The third-order valence-corrected chi connectivity index (χ3v) is 3.60. The van der Waals surface area contributed by atoms with Crippen LogP contribution in [0.15, 0.2) is 18.2 Å². The van der Waals surface area contributed by atoms with Gasteiger partial charge in [0.05, 0.1) is 22.3 Å². The number of rotatable bonds is 1. The van der Waals surface area contributed by atoms with Gasteiger partial charge in [-0.25, -0.2) is 0 Å². The van der Waals surface area contributed by atoms with Crippen LogP contribution in [-0.4, -0.2) is 19.3 Å². The second-order valence-electron chi connectivity index (χ2n) is 4.48. The maximum Gasteiger partial charge on any atom is 0.391 e. The Morgan fingerprint density at radius 2 is 1.83 bits per heavy atom. The van der Waals surface area contributed by atoms with Crippen LogP contribution in [0, 0.1) is 5.92 Å². The SMILES string of the molecule is Nc1cccc(Cl)c1N1CCC(C(F)(F)F)CC1. The molecule has 0 atom stereocenters. The molecule has 1 aliphatic heterocycles. The van der Waals surface area contributed by atoms with Gasteiger partial charge >= 0.3 is 6.18 Å². The van der Waals surface area contributed by atoms with Crippen molar-refractivity contribution in [3.05, 3.63) is 23.2 Å². The number of nitrogen functional groups attached to an aromatic ring is 1. The van der Waals surface area contributed by atoms with Crippen LogP contribution in [0.1, 0.15) is 12.8 Å². The number of hydrogen-bond donors (Lipinski definition) is 1. The summed E-state index contributed by atoms with van der Waals surface area (Å²) in [6, 6.07) is 5.13. The second-order valence-corrected chi connectivity index (χ2v) is 4.89. The summed E-state index contributed by atoms with van der Waals surface area (Å²) in [5.74, 6) is -1.21. The molecule has 2 rings (SSSR count). The molecule has 0 saturated carbocycles. The van der Waals surface area contributed by atoms with Gasteiger partial charge in [-0.05, 0) is 25.0 Å². The van der Waals surface area contributed by atoms with E-state index in [-0.39, 0.29) is 12.8 Å². The Morgan fingerprint density at radius 1 is 1.22 bits per heavy atom. The van der Waals surface area contributed by atoms with Crippen molar-refractivity contribution in [2.45, 2.75) is 19.0 Å². The Balaban J connectivity index is 2.11. The molecule has 1 heterocycles. The van der Waals surface area contributed by atoms with Gasteiger partial charge in [0.25, 0.3) is 0 Å². The maximum atomic E-state index is 12.6. The smallest absolute Gasteiger partial charge is 0.391 e. The highest BCUT2D eigenvalue weighted by molar-refractivity contribution is 6.34. The van der Waals surface area contributed by atoms with Gasteiger partial charge in [0.15, 0.2) is 0 Å². The van der Waals surface area contributed by atoms with E-state index in [9.17, 15) is 13.2 Å². The third-order valence-electron chi connectivity index (χ3n) is 3.29. The normalized spacial score (nSPS) is 18.1. The van der Waals surface area contributed by atoms with Crippen LogP contribution in [0.25, 0.3) is 0 Å². The molecule has 2 nitrogen and oxygen atoms in total. The molecule has 1 fully saturated rings. The molecule has 0 radical (unpaired) electrons. The largest absolute Gasteiger partial charge is 0.397 e. The van der Waals surface area contributed by atoms with Crippen molar-refractivity contribution in [1.82, 2.24) is 0 Å². The predicted octanol–water partition coefficient (Wildman–Crippen LogP) is 3.70. The molecular formula is C12H14ClF3N2. The molecule has 0 amide bonds. The van der Waals surface area contributed by atoms with E-state index in [1.807, 2.05) is 4.90 Å². The number of alkyl halides is 3. The van der Waals surface area contributed by atoms with Crippen LogP contribution in [0.5, 0.6) is 0 Å². The summed E-state index contributed by atoms with van der Waals surface area (Å²) in [6.45, 7) is 0.663. The number of nitrogens with two attached hydrogens (primary N) is 1. The Morgan fingerprint density at radius 3 is 2.33 bits per heavy atom. The lowest BCUT2D eigenvalue weighted by molar-refractivity contribution is -0.179. The molecule has 6 heteroatoms. The lowest BCUT2D eigenvalue weighted by atomic mass is 9.96. The lowest BCUT2D eigenvalue weighted by Gasteiger charge is -2.35. The molecule has 18 heavy (non-hydrogen) atoms. The van der Waals surface area contributed by atoms with Gasteiger partial charge in [-0.15, -0.1) is 0 Å². The summed E-state index contributed by atoms with van der Waals surface area (Å²) in [4.78, 5) is 1.83. The Labute approximate surface area is 109 Å². The van der Waals surface area contributed by atoms with Crippen molar-refractivity contribution in [1.29, 1.82) is 0 Å². The Kier molecular flexibility index (Phi) is 3.61. The maximum absolute atomic E-state index is 12.6. The quantitative estimate of drug-likeness (QED) is 0.794.